The molecule has 1 aliphatic heterocycles. The molecule has 1 amide bonds. The lowest BCUT2D eigenvalue weighted by Gasteiger charge is -2.38. The van der Waals surface area contributed by atoms with Gasteiger partial charge in [-0.25, -0.2) is 0 Å². The maximum atomic E-state index is 13.3. The standard InChI is InChI=1S/C24H22N2O4/c1-3-13-30-21-12-11-17(15-22(21)28-4-2)23-25-20-10-6-5-9-19(20)24(27)26(23)16-18-8-7-14-29-18/h1,5-12,14-15,23,25H,4,13,16H2,2H3/t23-/m1/s1. The van der Waals surface area contributed by atoms with E-state index in [4.69, 9.17) is 20.3 Å². The molecule has 30 heavy (non-hydrogen) atoms. The smallest absolute Gasteiger partial charge is 0.258 e. The summed E-state index contributed by atoms with van der Waals surface area (Å²) in [6, 6.07) is 16.7. The van der Waals surface area contributed by atoms with Crippen molar-refractivity contribution in [3.8, 4) is 23.8 Å². The predicted octanol–water partition coefficient (Wildman–Crippen LogP) is 4.46. The number of furan rings is 1. The van der Waals surface area contributed by atoms with Gasteiger partial charge >= 0.3 is 0 Å². The Labute approximate surface area is 175 Å². The number of carbonyl (C=O) groups excluding carboxylic acids is 1. The highest BCUT2D eigenvalue weighted by atomic mass is 16.5. The number of fused-ring (bicyclic) bond motifs is 1. The fourth-order valence-electron chi connectivity index (χ4n) is 3.49. The Morgan fingerprint density at radius 2 is 2.00 bits per heavy atom. The molecule has 0 unspecified atom stereocenters. The molecule has 0 saturated carbocycles. The second kappa shape index (κ2) is 8.66. The van der Waals surface area contributed by atoms with Gasteiger partial charge in [-0.2, -0.15) is 0 Å². The van der Waals surface area contributed by atoms with Gasteiger partial charge in [0.25, 0.3) is 5.91 Å². The normalized spacial score (nSPS) is 15.1. The second-order valence-corrected chi connectivity index (χ2v) is 6.74. The molecule has 0 spiro atoms. The number of nitrogens with one attached hydrogen (secondary N) is 1. The van der Waals surface area contributed by atoms with E-state index >= 15 is 0 Å². The third-order valence-corrected chi connectivity index (χ3v) is 4.82. The van der Waals surface area contributed by atoms with Crippen LogP contribution in [0, 0.1) is 12.3 Å². The van der Waals surface area contributed by atoms with Gasteiger partial charge in [-0.15, -0.1) is 6.42 Å². The van der Waals surface area contributed by atoms with Crippen molar-refractivity contribution in [3.63, 3.8) is 0 Å². The maximum Gasteiger partial charge on any atom is 0.258 e. The lowest BCUT2D eigenvalue weighted by molar-refractivity contribution is 0.0651. The summed E-state index contributed by atoms with van der Waals surface area (Å²) >= 11 is 0. The molecule has 0 bridgehead atoms. The zero-order valence-corrected chi connectivity index (χ0v) is 16.6. The first-order chi connectivity index (χ1) is 14.7. The van der Waals surface area contributed by atoms with Crippen molar-refractivity contribution in [2.45, 2.75) is 19.6 Å². The van der Waals surface area contributed by atoms with E-state index in [0.29, 0.717) is 36.0 Å². The molecule has 0 fully saturated rings. The van der Waals surface area contributed by atoms with Gasteiger partial charge in [0.15, 0.2) is 11.5 Å². The molecule has 152 valence electrons. The number of hydrogen-bond donors (Lipinski definition) is 1. The van der Waals surface area contributed by atoms with Gasteiger partial charge in [-0.1, -0.05) is 24.1 Å². The van der Waals surface area contributed by atoms with Crippen molar-refractivity contribution < 1.29 is 18.7 Å². The van der Waals surface area contributed by atoms with Crippen molar-refractivity contribution >= 4 is 11.6 Å². The van der Waals surface area contributed by atoms with E-state index in [1.807, 2.05) is 61.5 Å². The van der Waals surface area contributed by atoms with Crippen LogP contribution in [0.15, 0.2) is 65.3 Å². The van der Waals surface area contributed by atoms with Crippen LogP contribution in [-0.4, -0.2) is 24.0 Å². The summed E-state index contributed by atoms with van der Waals surface area (Å²) in [4.78, 5) is 15.1. The number of hydrogen-bond acceptors (Lipinski definition) is 5. The Kier molecular flexibility index (Phi) is 5.62. The average Bonchev–Trinajstić information content (AvgIpc) is 3.28. The number of benzene rings is 2. The molecule has 1 aliphatic rings. The molecule has 6 heteroatoms. The predicted molar refractivity (Wildman–Crippen MR) is 113 cm³/mol. The quantitative estimate of drug-likeness (QED) is 0.591. The molecule has 2 heterocycles. The number of para-hydroxylation sites is 1. The first kappa shape index (κ1) is 19.5. The average molecular weight is 402 g/mol. The zero-order chi connectivity index (χ0) is 20.9. The van der Waals surface area contributed by atoms with Crippen LogP contribution in [0.2, 0.25) is 0 Å². The molecule has 0 saturated heterocycles. The van der Waals surface area contributed by atoms with Crippen LogP contribution in [0.1, 0.15) is 34.8 Å². The molecule has 1 N–H and O–H groups in total. The molecule has 6 nitrogen and oxygen atoms in total. The Hall–Kier alpha value is -3.85. The first-order valence-corrected chi connectivity index (χ1v) is 9.73. The van der Waals surface area contributed by atoms with Crippen LogP contribution in [-0.2, 0) is 6.54 Å². The zero-order valence-electron chi connectivity index (χ0n) is 16.6. The summed E-state index contributed by atoms with van der Waals surface area (Å²) < 4.78 is 16.9. The summed E-state index contributed by atoms with van der Waals surface area (Å²) in [6.45, 7) is 2.86. The maximum absolute atomic E-state index is 13.3. The van der Waals surface area contributed by atoms with Crippen molar-refractivity contribution in [3.05, 3.63) is 77.7 Å². The molecular weight excluding hydrogens is 380 g/mol. The summed E-state index contributed by atoms with van der Waals surface area (Å²) in [5, 5.41) is 3.47. The number of carbonyl (C=O) groups is 1. The second-order valence-electron chi connectivity index (χ2n) is 6.74. The third-order valence-electron chi connectivity index (χ3n) is 4.82. The van der Waals surface area contributed by atoms with E-state index in [1.54, 1.807) is 11.2 Å². The Bertz CT molecular complexity index is 1070. The molecule has 0 aliphatic carbocycles. The largest absolute Gasteiger partial charge is 0.490 e. The monoisotopic (exact) mass is 402 g/mol. The highest BCUT2D eigenvalue weighted by Gasteiger charge is 2.33. The lowest BCUT2D eigenvalue weighted by Crippen LogP contribution is -2.42. The topological polar surface area (TPSA) is 63.9 Å². The van der Waals surface area contributed by atoms with E-state index in [1.165, 1.54) is 0 Å². The highest BCUT2D eigenvalue weighted by Crippen LogP contribution is 2.37. The molecule has 4 rings (SSSR count). The van der Waals surface area contributed by atoms with Gasteiger partial charge < -0.3 is 24.1 Å². The lowest BCUT2D eigenvalue weighted by atomic mass is 10.0. The summed E-state index contributed by atoms with van der Waals surface area (Å²) in [5.74, 6) is 4.24. The third kappa shape index (κ3) is 3.83. The van der Waals surface area contributed by atoms with Gasteiger partial charge in [0, 0.05) is 5.69 Å². The van der Waals surface area contributed by atoms with Gasteiger partial charge in [0.05, 0.1) is 25.0 Å². The van der Waals surface area contributed by atoms with Crippen LogP contribution in [0.4, 0.5) is 5.69 Å². The minimum Gasteiger partial charge on any atom is -0.490 e. The van der Waals surface area contributed by atoms with Crippen LogP contribution in [0.5, 0.6) is 11.5 Å². The van der Waals surface area contributed by atoms with Gasteiger partial charge in [0.1, 0.15) is 18.5 Å². The highest BCUT2D eigenvalue weighted by molar-refractivity contribution is 6.01. The van der Waals surface area contributed by atoms with Crippen molar-refractivity contribution in [1.29, 1.82) is 0 Å². The van der Waals surface area contributed by atoms with Gasteiger partial charge in [-0.3, -0.25) is 4.79 Å². The first-order valence-electron chi connectivity index (χ1n) is 9.73. The SMILES string of the molecule is C#CCOc1ccc([C@@H]2Nc3ccccc3C(=O)N2Cc2ccco2)cc1OCC. The van der Waals surface area contributed by atoms with E-state index in [9.17, 15) is 4.79 Å². The van der Waals surface area contributed by atoms with E-state index in [-0.39, 0.29) is 12.5 Å². The van der Waals surface area contributed by atoms with Crippen molar-refractivity contribution in [2.75, 3.05) is 18.5 Å². The minimum atomic E-state index is -0.404. The van der Waals surface area contributed by atoms with Crippen molar-refractivity contribution in [1.82, 2.24) is 4.90 Å². The number of anilines is 1. The molecule has 1 aromatic heterocycles. The number of amides is 1. The fourth-order valence-corrected chi connectivity index (χ4v) is 3.49. The number of nitrogens with zero attached hydrogens (tertiary/aromatic N) is 1. The van der Waals surface area contributed by atoms with Crippen molar-refractivity contribution in [2.24, 2.45) is 0 Å². The number of terminal acetylenes is 1. The van der Waals surface area contributed by atoms with E-state index < -0.39 is 6.17 Å². The van der Waals surface area contributed by atoms with Crippen LogP contribution in [0.3, 0.4) is 0 Å². The van der Waals surface area contributed by atoms with E-state index in [2.05, 4.69) is 11.2 Å². The van der Waals surface area contributed by atoms with Crippen LogP contribution >= 0.6 is 0 Å². The molecular formula is C24H22N2O4. The van der Waals surface area contributed by atoms with Crippen LogP contribution in [0.25, 0.3) is 0 Å². The summed E-state index contributed by atoms with van der Waals surface area (Å²) in [7, 11) is 0. The van der Waals surface area contributed by atoms with Crippen LogP contribution < -0.4 is 14.8 Å². The molecule has 1 atom stereocenters. The van der Waals surface area contributed by atoms with Gasteiger partial charge in [-0.05, 0) is 48.9 Å². The minimum absolute atomic E-state index is 0.0728. The fraction of sp³-hybridized carbons (Fsp3) is 0.208. The molecule has 3 aromatic rings. The summed E-state index contributed by atoms with van der Waals surface area (Å²) in [6.07, 6.45) is 6.51. The number of ether oxygens (including phenoxy) is 2. The molecule has 2 aromatic carbocycles. The summed E-state index contributed by atoms with van der Waals surface area (Å²) in [5.41, 5.74) is 2.27. The number of rotatable bonds is 7. The Morgan fingerprint density at radius 3 is 2.77 bits per heavy atom. The Balaban J connectivity index is 1.73. The Morgan fingerprint density at radius 1 is 1.13 bits per heavy atom. The molecule has 0 radical (unpaired) electrons. The van der Waals surface area contributed by atoms with E-state index in [0.717, 1.165) is 11.3 Å². The van der Waals surface area contributed by atoms with Gasteiger partial charge in [0.2, 0.25) is 0 Å².